The van der Waals surface area contributed by atoms with E-state index in [9.17, 15) is 0 Å². The molecule has 0 bridgehead atoms. The Morgan fingerprint density at radius 3 is 2.61 bits per heavy atom. The zero-order valence-corrected chi connectivity index (χ0v) is 10.6. The van der Waals surface area contributed by atoms with Crippen LogP contribution >= 0.6 is 0 Å². The first-order chi connectivity index (χ1) is 8.69. The van der Waals surface area contributed by atoms with Gasteiger partial charge in [0.2, 0.25) is 0 Å². The highest BCUT2D eigenvalue weighted by molar-refractivity contribution is 5.36. The fraction of sp³-hybridized carbons (Fsp3) is 0.385. The van der Waals surface area contributed by atoms with Crippen molar-refractivity contribution in [1.29, 1.82) is 0 Å². The fourth-order valence-electron chi connectivity index (χ4n) is 1.60. The molecule has 0 radical (unpaired) electrons. The van der Waals surface area contributed by atoms with Gasteiger partial charge in [-0.05, 0) is 38.1 Å². The van der Waals surface area contributed by atoms with Gasteiger partial charge in [0.1, 0.15) is 5.75 Å². The van der Waals surface area contributed by atoms with Crippen LogP contribution in [0.15, 0.2) is 30.5 Å². The highest BCUT2D eigenvalue weighted by Crippen LogP contribution is 2.16. The monoisotopic (exact) mass is 247 g/mol. The van der Waals surface area contributed by atoms with Crippen LogP contribution in [0.1, 0.15) is 19.5 Å². The minimum atomic E-state index is 0.0832. The molecule has 1 N–H and O–H groups in total. The Hall–Kier alpha value is -1.88. The van der Waals surface area contributed by atoms with Crippen LogP contribution in [-0.4, -0.2) is 32.8 Å². The molecule has 1 aromatic carbocycles. The summed E-state index contributed by atoms with van der Waals surface area (Å²) in [4.78, 5) is 0. The van der Waals surface area contributed by atoms with Gasteiger partial charge in [0.05, 0.1) is 23.7 Å². The molecule has 0 unspecified atom stereocenters. The third kappa shape index (κ3) is 3.07. The first-order valence-electron chi connectivity index (χ1n) is 5.98. The molecule has 1 aromatic heterocycles. The molecule has 0 aliphatic heterocycles. The van der Waals surface area contributed by atoms with Gasteiger partial charge >= 0.3 is 0 Å². The third-order valence-electron chi connectivity index (χ3n) is 2.38. The maximum Gasteiger partial charge on any atom is 0.119 e. The Morgan fingerprint density at radius 2 is 2.00 bits per heavy atom. The first kappa shape index (κ1) is 12.6. The quantitative estimate of drug-likeness (QED) is 0.871. The van der Waals surface area contributed by atoms with Crippen molar-refractivity contribution in [2.75, 3.05) is 6.61 Å². The van der Waals surface area contributed by atoms with Crippen molar-refractivity contribution < 1.29 is 9.84 Å². The molecule has 0 spiro atoms. The van der Waals surface area contributed by atoms with E-state index in [0.717, 1.165) is 17.1 Å². The van der Waals surface area contributed by atoms with Gasteiger partial charge in [-0.25, -0.2) is 4.68 Å². The van der Waals surface area contributed by atoms with Crippen molar-refractivity contribution in [3.63, 3.8) is 0 Å². The predicted molar refractivity (Wildman–Crippen MR) is 67.9 cm³/mol. The highest BCUT2D eigenvalue weighted by Gasteiger charge is 2.03. The van der Waals surface area contributed by atoms with Gasteiger partial charge in [0.25, 0.3) is 0 Å². The summed E-state index contributed by atoms with van der Waals surface area (Å²) in [5.41, 5.74) is 1.70. The van der Waals surface area contributed by atoms with Crippen LogP contribution in [0.4, 0.5) is 0 Å². The molecule has 0 amide bonds. The summed E-state index contributed by atoms with van der Waals surface area (Å²) >= 11 is 0. The topological polar surface area (TPSA) is 60.2 Å². The minimum Gasteiger partial charge on any atom is -0.491 e. The predicted octanol–water partition coefficient (Wildman–Crippen LogP) is 1.59. The summed E-state index contributed by atoms with van der Waals surface area (Å²) < 4.78 is 7.26. The minimum absolute atomic E-state index is 0.0832. The highest BCUT2D eigenvalue weighted by atomic mass is 16.5. The number of hydrogen-bond acceptors (Lipinski definition) is 4. The second kappa shape index (κ2) is 5.64. The first-order valence-corrected chi connectivity index (χ1v) is 5.98. The Bertz CT molecular complexity index is 491. The van der Waals surface area contributed by atoms with E-state index in [1.807, 2.05) is 44.3 Å². The molecule has 2 rings (SSSR count). The van der Waals surface area contributed by atoms with Crippen molar-refractivity contribution in [2.45, 2.75) is 26.4 Å². The van der Waals surface area contributed by atoms with E-state index in [0.29, 0.717) is 6.42 Å². The Labute approximate surface area is 106 Å². The summed E-state index contributed by atoms with van der Waals surface area (Å²) in [5, 5.41) is 16.8. The molecule has 5 heteroatoms. The van der Waals surface area contributed by atoms with E-state index in [2.05, 4.69) is 10.3 Å². The van der Waals surface area contributed by atoms with E-state index in [1.54, 1.807) is 4.68 Å². The molecular formula is C13H17N3O2. The van der Waals surface area contributed by atoms with E-state index < -0.39 is 0 Å². The molecule has 96 valence electrons. The molecule has 0 aliphatic rings. The van der Waals surface area contributed by atoms with Gasteiger partial charge < -0.3 is 9.84 Å². The molecule has 2 aromatic rings. The van der Waals surface area contributed by atoms with Crippen molar-refractivity contribution in [3.8, 4) is 11.4 Å². The van der Waals surface area contributed by atoms with Gasteiger partial charge in [-0.2, -0.15) is 0 Å². The number of aromatic nitrogens is 3. The smallest absolute Gasteiger partial charge is 0.119 e. The molecular weight excluding hydrogens is 230 g/mol. The Morgan fingerprint density at radius 1 is 1.28 bits per heavy atom. The number of ether oxygens (including phenoxy) is 1. The van der Waals surface area contributed by atoms with Gasteiger partial charge in [-0.3, -0.25) is 0 Å². The lowest BCUT2D eigenvalue weighted by Gasteiger charge is -2.09. The molecule has 18 heavy (non-hydrogen) atoms. The number of benzene rings is 1. The number of rotatable bonds is 5. The third-order valence-corrected chi connectivity index (χ3v) is 2.38. The summed E-state index contributed by atoms with van der Waals surface area (Å²) in [5.74, 6) is 0.837. The normalized spacial score (nSPS) is 10.9. The molecule has 0 saturated heterocycles. The number of aliphatic hydroxyl groups is 1. The number of nitrogens with zero attached hydrogens (tertiary/aromatic N) is 3. The van der Waals surface area contributed by atoms with Crippen LogP contribution in [0, 0.1) is 0 Å². The van der Waals surface area contributed by atoms with Crippen molar-refractivity contribution in [1.82, 2.24) is 15.0 Å². The maximum atomic E-state index is 8.83. The molecule has 1 heterocycles. The van der Waals surface area contributed by atoms with E-state index >= 15 is 0 Å². The average molecular weight is 247 g/mol. The van der Waals surface area contributed by atoms with Crippen LogP contribution in [0.25, 0.3) is 5.69 Å². The standard InChI is InChI=1S/C13H17N3O2/c1-10(2)18-13-5-3-12(4-6-13)16-9-11(7-8-17)14-15-16/h3-6,9-10,17H,7-8H2,1-2H3. The lowest BCUT2D eigenvalue weighted by atomic mass is 10.3. The maximum absolute atomic E-state index is 8.83. The van der Waals surface area contributed by atoms with Crippen LogP contribution in [0.2, 0.25) is 0 Å². The lowest BCUT2D eigenvalue weighted by Crippen LogP contribution is -2.05. The van der Waals surface area contributed by atoms with Crippen LogP contribution < -0.4 is 4.74 Å². The van der Waals surface area contributed by atoms with Crippen LogP contribution in [-0.2, 0) is 6.42 Å². The lowest BCUT2D eigenvalue weighted by molar-refractivity contribution is 0.242. The number of hydrogen-bond donors (Lipinski definition) is 1. The SMILES string of the molecule is CC(C)Oc1ccc(-n2cc(CCO)nn2)cc1. The average Bonchev–Trinajstić information content (AvgIpc) is 2.78. The largest absolute Gasteiger partial charge is 0.491 e. The van der Waals surface area contributed by atoms with Gasteiger partial charge in [0.15, 0.2) is 0 Å². The van der Waals surface area contributed by atoms with Gasteiger partial charge in [-0.1, -0.05) is 5.21 Å². The molecule has 0 fully saturated rings. The summed E-state index contributed by atoms with van der Waals surface area (Å²) in [6.07, 6.45) is 2.50. The molecule has 5 nitrogen and oxygen atoms in total. The van der Waals surface area contributed by atoms with E-state index in [4.69, 9.17) is 9.84 Å². The second-order valence-electron chi connectivity index (χ2n) is 4.29. The van der Waals surface area contributed by atoms with E-state index in [-0.39, 0.29) is 12.7 Å². The van der Waals surface area contributed by atoms with E-state index in [1.165, 1.54) is 0 Å². The van der Waals surface area contributed by atoms with Crippen molar-refractivity contribution in [3.05, 3.63) is 36.2 Å². The Balaban J connectivity index is 2.12. The van der Waals surface area contributed by atoms with Crippen molar-refractivity contribution >= 4 is 0 Å². The molecule has 0 saturated carbocycles. The molecule has 0 aliphatic carbocycles. The molecule has 0 atom stereocenters. The zero-order valence-electron chi connectivity index (χ0n) is 10.6. The van der Waals surface area contributed by atoms with Gasteiger partial charge in [-0.15, -0.1) is 5.10 Å². The summed E-state index contributed by atoms with van der Waals surface area (Å²) in [6, 6.07) is 7.66. The van der Waals surface area contributed by atoms with Crippen LogP contribution in [0.3, 0.4) is 0 Å². The zero-order chi connectivity index (χ0) is 13.0. The van der Waals surface area contributed by atoms with Crippen LogP contribution in [0.5, 0.6) is 5.75 Å². The van der Waals surface area contributed by atoms with Crippen molar-refractivity contribution in [2.24, 2.45) is 0 Å². The fourth-order valence-corrected chi connectivity index (χ4v) is 1.60. The summed E-state index contributed by atoms with van der Waals surface area (Å²) in [7, 11) is 0. The summed E-state index contributed by atoms with van der Waals surface area (Å²) in [6.45, 7) is 4.07. The second-order valence-corrected chi connectivity index (χ2v) is 4.29. The number of aliphatic hydroxyl groups excluding tert-OH is 1. The Kier molecular flexibility index (Phi) is 3.94. The van der Waals surface area contributed by atoms with Gasteiger partial charge in [0, 0.05) is 13.0 Å².